The molecule has 0 atom stereocenters. The molecule has 3 heterocycles. The molecule has 4 aromatic rings. The van der Waals surface area contributed by atoms with Gasteiger partial charge in [0.05, 0.1) is 12.0 Å². The van der Waals surface area contributed by atoms with Crippen LogP contribution in [-0.4, -0.2) is 24.9 Å². The van der Waals surface area contributed by atoms with Crippen molar-refractivity contribution in [2.24, 2.45) is 0 Å². The number of aryl methyl sites for hydroxylation is 1. The van der Waals surface area contributed by atoms with Crippen molar-refractivity contribution in [1.82, 2.24) is 24.9 Å². The maximum atomic E-state index is 5.61. The lowest BCUT2D eigenvalue weighted by Crippen LogP contribution is -2.15. The summed E-state index contributed by atoms with van der Waals surface area (Å²) < 4.78 is 13.3. The van der Waals surface area contributed by atoms with E-state index in [-0.39, 0.29) is 0 Å². The van der Waals surface area contributed by atoms with Gasteiger partial charge in [0, 0.05) is 11.6 Å². The van der Waals surface area contributed by atoms with E-state index in [0.717, 1.165) is 35.1 Å². The zero-order chi connectivity index (χ0) is 20.3. The third-order valence-electron chi connectivity index (χ3n) is 5.45. The fourth-order valence-corrected chi connectivity index (χ4v) is 4.72. The molecule has 0 bridgehead atoms. The molecule has 30 heavy (non-hydrogen) atoms. The molecule has 0 spiro atoms. The number of nitrogens with zero attached hydrogens (tertiary/aromatic N) is 5. The first-order valence-electron chi connectivity index (χ1n) is 10.3. The fraction of sp³-hybridized carbons (Fsp3) is 0.364. The predicted molar refractivity (Wildman–Crippen MR) is 114 cm³/mol. The van der Waals surface area contributed by atoms with E-state index in [4.69, 9.17) is 8.94 Å². The minimum absolute atomic E-state index is 0.391. The highest BCUT2D eigenvalue weighted by Gasteiger charge is 2.25. The highest BCUT2D eigenvalue weighted by Crippen LogP contribution is 2.36. The van der Waals surface area contributed by atoms with Gasteiger partial charge in [0.1, 0.15) is 0 Å². The molecule has 1 aliphatic carbocycles. The molecule has 1 fully saturated rings. The van der Waals surface area contributed by atoms with Crippen molar-refractivity contribution in [2.45, 2.75) is 56.0 Å². The SMILES string of the molecule is Cc1ccc(-c2noc(CSc3nnc(-c4ccco4)n3C3CCCCC3)n2)cc1. The van der Waals surface area contributed by atoms with Crippen LogP contribution in [0.25, 0.3) is 23.0 Å². The molecular formula is C22H23N5O2S. The van der Waals surface area contributed by atoms with Crippen LogP contribution in [0.3, 0.4) is 0 Å². The van der Waals surface area contributed by atoms with Crippen LogP contribution in [0.15, 0.2) is 56.8 Å². The zero-order valence-corrected chi connectivity index (χ0v) is 17.6. The van der Waals surface area contributed by atoms with Crippen LogP contribution in [0.4, 0.5) is 0 Å². The minimum atomic E-state index is 0.391. The number of aromatic nitrogens is 5. The highest BCUT2D eigenvalue weighted by molar-refractivity contribution is 7.98. The van der Waals surface area contributed by atoms with Crippen molar-refractivity contribution in [1.29, 1.82) is 0 Å². The van der Waals surface area contributed by atoms with Crippen LogP contribution >= 0.6 is 11.8 Å². The van der Waals surface area contributed by atoms with E-state index in [9.17, 15) is 0 Å². The first kappa shape index (κ1) is 19.1. The van der Waals surface area contributed by atoms with Crippen LogP contribution in [0.1, 0.15) is 49.6 Å². The number of rotatable bonds is 6. The Labute approximate surface area is 178 Å². The van der Waals surface area contributed by atoms with Crippen LogP contribution in [-0.2, 0) is 5.75 Å². The Hall–Kier alpha value is -2.87. The maximum absolute atomic E-state index is 5.61. The first-order chi connectivity index (χ1) is 14.8. The van der Waals surface area contributed by atoms with Crippen LogP contribution in [0.2, 0.25) is 0 Å². The second-order valence-corrected chi connectivity index (χ2v) is 8.55. The molecule has 0 radical (unpaired) electrons. The summed E-state index contributed by atoms with van der Waals surface area (Å²) in [6.45, 7) is 2.06. The Balaban J connectivity index is 1.37. The second-order valence-electron chi connectivity index (χ2n) is 7.61. The fourth-order valence-electron chi connectivity index (χ4n) is 3.88. The van der Waals surface area contributed by atoms with Gasteiger partial charge in [0.2, 0.25) is 17.5 Å². The normalized spacial score (nSPS) is 15.0. The molecular weight excluding hydrogens is 398 g/mol. The van der Waals surface area contributed by atoms with E-state index in [2.05, 4.69) is 31.8 Å². The summed E-state index contributed by atoms with van der Waals surface area (Å²) in [6, 6.07) is 12.3. The summed E-state index contributed by atoms with van der Waals surface area (Å²) in [5.74, 6) is 3.27. The molecule has 0 aliphatic heterocycles. The Morgan fingerprint density at radius 2 is 1.90 bits per heavy atom. The lowest BCUT2D eigenvalue weighted by molar-refractivity contribution is 0.337. The summed E-state index contributed by atoms with van der Waals surface area (Å²) >= 11 is 1.57. The first-order valence-corrected chi connectivity index (χ1v) is 11.3. The van der Waals surface area contributed by atoms with Crippen molar-refractivity contribution in [3.05, 3.63) is 54.1 Å². The van der Waals surface area contributed by atoms with Gasteiger partial charge >= 0.3 is 0 Å². The number of thioether (sulfide) groups is 1. The van der Waals surface area contributed by atoms with E-state index in [1.54, 1.807) is 18.0 Å². The van der Waals surface area contributed by atoms with Crippen molar-refractivity contribution in [2.75, 3.05) is 0 Å². The molecule has 5 rings (SSSR count). The van der Waals surface area contributed by atoms with Crippen molar-refractivity contribution >= 4 is 11.8 Å². The van der Waals surface area contributed by atoms with Gasteiger partial charge in [-0.1, -0.05) is 66.0 Å². The molecule has 1 aromatic carbocycles. The van der Waals surface area contributed by atoms with E-state index < -0.39 is 0 Å². The van der Waals surface area contributed by atoms with E-state index in [1.165, 1.54) is 24.8 Å². The van der Waals surface area contributed by atoms with Gasteiger partial charge < -0.3 is 8.94 Å². The number of furan rings is 1. The maximum Gasteiger partial charge on any atom is 0.237 e. The molecule has 154 valence electrons. The average Bonchev–Trinajstić information content (AvgIpc) is 3.53. The minimum Gasteiger partial charge on any atom is -0.461 e. The second kappa shape index (κ2) is 8.47. The topological polar surface area (TPSA) is 82.8 Å². The van der Waals surface area contributed by atoms with Gasteiger partial charge in [-0.2, -0.15) is 4.98 Å². The van der Waals surface area contributed by atoms with Gasteiger partial charge in [-0.3, -0.25) is 4.57 Å². The largest absolute Gasteiger partial charge is 0.461 e. The molecule has 0 unspecified atom stereocenters. The molecule has 3 aromatic heterocycles. The summed E-state index contributed by atoms with van der Waals surface area (Å²) in [6.07, 6.45) is 7.70. The highest BCUT2D eigenvalue weighted by atomic mass is 32.2. The zero-order valence-electron chi connectivity index (χ0n) is 16.8. The quantitative estimate of drug-likeness (QED) is 0.370. The van der Waals surface area contributed by atoms with Crippen molar-refractivity contribution < 1.29 is 8.94 Å². The molecule has 1 saturated carbocycles. The number of hydrogen-bond donors (Lipinski definition) is 0. The van der Waals surface area contributed by atoms with Crippen LogP contribution in [0, 0.1) is 6.92 Å². The third-order valence-corrected chi connectivity index (χ3v) is 6.38. The summed E-state index contributed by atoms with van der Waals surface area (Å²) in [4.78, 5) is 4.55. The van der Waals surface area contributed by atoms with Crippen LogP contribution < -0.4 is 0 Å². The van der Waals surface area contributed by atoms with Gasteiger partial charge in [-0.15, -0.1) is 10.2 Å². The third kappa shape index (κ3) is 3.92. The van der Waals surface area contributed by atoms with Gasteiger partial charge in [-0.05, 0) is 31.9 Å². The van der Waals surface area contributed by atoms with Crippen molar-refractivity contribution in [3.63, 3.8) is 0 Å². The summed E-state index contributed by atoms with van der Waals surface area (Å²) in [5.41, 5.74) is 2.15. The lowest BCUT2D eigenvalue weighted by atomic mass is 9.95. The Kier molecular flexibility index (Phi) is 5.40. The van der Waals surface area contributed by atoms with E-state index in [0.29, 0.717) is 23.5 Å². The Bertz CT molecular complexity index is 1100. The van der Waals surface area contributed by atoms with Crippen LogP contribution in [0.5, 0.6) is 0 Å². The average molecular weight is 422 g/mol. The molecule has 0 N–H and O–H groups in total. The monoisotopic (exact) mass is 421 g/mol. The molecule has 8 heteroatoms. The molecule has 0 saturated heterocycles. The standard InChI is InChI=1S/C22H23N5O2S/c1-15-9-11-16(12-10-15)20-23-19(29-26-20)14-30-22-25-24-21(18-8-5-13-28-18)27(22)17-6-3-2-4-7-17/h5,8-13,17H,2-4,6-7,14H2,1H3. The predicted octanol–water partition coefficient (Wildman–Crippen LogP) is 5.69. The van der Waals surface area contributed by atoms with Gasteiger partial charge in [0.25, 0.3) is 0 Å². The van der Waals surface area contributed by atoms with Gasteiger partial charge in [0.15, 0.2) is 10.9 Å². The molecule has 0 amide bonds. The Morgan fingerprint density at radius 3 is 2.67 bits per heavy atom. The van der Waals surface area contributed by atoms with Crippen molar-refractivity contribution in [3.8, 4) is 23.0 Å². The summed E-state index contributed by atoms with van der Waals surface area (Å²) in [7, 11) is 0. The van der Waals surface area contributed by atoms with E-state index in [1.807, 2.05) is 36.4 Å². The van der Waals surface area contributed by atoms with Gasteiger partial charge in [-0.25, -0.2) is 0 Å². The van der Waals surface area contributed by atoms with E-state index >= 15 is 0 Å². The summed E-state index contributed by atoms with van der Waals surface area (Å²) in [5, 5.41) is 13.9. The number of hydrogen-bond acceptors (Lipinski definition) is 7. The smallest absolute Gasteiger partial charge is 0.237 e. The molecule has 1 aliphatic rings. The Morgan fingerprint density at radius 1 is 1.07 bits per heavy atom. The lowest BCUT2D eigenvalue weighted by Gasteiger charge is -2.25. The number of benzene rings is 1. The molecule has 7 nitrogen and oxygen atoms in total.